The minimum atomic E-state index is -0.820. The van der Waals surface area contributed by atoms with Crippen molar-refractivity contribution in [3.8, 4) is 0 Å². The number of carboxylic acid groups (broad SMARTS) is 1. The molecule has 1 aromatic rings. The predicted octanol–water partition coefficient (Wildman–Crippen LogP) is 1.08. The summed E-state index contributed by atoms with van der Waals surface area (Å²) in [5, 5.41) is 15.4. The fourth-order valence-corrected chi connectivity index (χ4v) is 1.47. The largest absolute Gasteiger partial charge is 0.480 e. The Morgan fingerprint density at radius 1 is 1.69 bits per heavy atom. The van der Waals surface area contributed by atoms with Crippen molar-refractivity contribution in [2.75, 3.05) is 0 Å². The van der Waals surface area contributed by atoms with Gasteiger partial charge in [-0.3, -0.25) is 4.79 Å². The van der Waals surface area contributed by atoms with Gasteiger partial charge in [0, 0.05) is 5.75 Å². The summed E-state index contributed by atoms with van der Waals surface area (Å²) in [5.41, 5.74) is 1.42. The van der Waals surface area contributed by atoms with Gasteiger partial charge >= 0.3 is 5.97 Å². The van der Waals surface area contributed by atoms with Gasteiger partial charge < -0.3 is 5.11 Å². The molecule has 0 aromatic carbocycles. The first-order chi connectivity index (χ1) is 6.11. The summed E-state index contributed by atoms with van der Waals surface area (Å²) in [7, 11) is 0. The number of thioether (sulfide) groups is 1. The van der Waals surface area contributed by atoms with Crippen molar-refractivity contribution in [3.05, 3.63) is 11.4 Å². The molecule has 0 bridgehead atoms. The quantitative estimate of drug-likeness (QED) is 0.787. The van der Waals surface area contributed by atoms with E-state index in [1.54, 1.807) is 13.8 Å². The monoisotopic (exact) mass is 202 g/mol. The topological polar surface area (TPSA) is 76.2 Å². The molecule has 0 saturated carbocycles. The van der Waals surface area contributed by atoms with Gasteiger partial charge in [-0.05, 0) is 13.8 Å². The summed E-state index contributed by atoms with van der Waals surface area (Å²) in [6, 6.07) is 0. The molecule has 13 heavy (non-hydrogen) atoms. The zero-order chi connectivity index (χ0) is 9.84. The average Bonchev–Trinajstić information content (AvgIpc) is 2.47. The second-order valence-electron chi connectivity index (χ2n) is 2.59. The molecule has 1 heterocycles. The van der Waals surface area contributed by atoms with Crippen LogP contribution in [0.1, 0.15) is 18.3 Å². The minimum Gasteiger partial charge on any atom is -0.480 e. The third-order valence-electron chi connectivity index (χ3n) is 1.56. The van der Waals surface area contributed by atoms with E-state index in [0.29, 0.717) is 17.1 Å². The van der Waals surface area contributed by atoms with E-state index < -0.39 is 11.2 Å². The molecule has 1 N–H and O–H groups in total. The Hall–Kier alpha value is -1.04. The molecule has 0 aliphatic carbocycles. The van der Waals surface area contributed by atoms with Crippen LogP contribution in [0.2, 0.25) is 0 Å². The lowest BCUT2D eigenvalue weighted by atomic mass is 10.4. The number of rotatable bonds is 4. The van der Waals surface area contributed by atoms with Crippen LogP contribution in [-0.2, 0) is 10.5 Å². The van der Waals surface area contributed by atoms with Gasteiger partial charge in [0.05, 0.1) is 5.25 Å². The van der Waals surface area contributed by atoms with Crippen LogP contribution in [0.4, 0.5) is 0 Å². The highest BCUT2D eigenvalue weighted by Crippen LogP contribution is 2.17. The van der Waals surface area contributed by atoms with Crippen LogP contribution in [0, 0.1) is 6.92 Å². The molecule has 1 unspecified atom stereocenters. The summed E-state index contributed by atoms with van der Waals surface area (Å²) < 4.78 is 4.48. The van der Waals surface area contributed by atoms with Crippen LogP contribution in [-0.4, -0.2) is 26.6 Å². The van der Waals surface area contributed by atoms with Crippen LogP contribution in [0.25, 0.3) is 0 Å². The van der Waals surface area contributed by atoms with Crippen molar-refractivity contribution >= 4 is 17.7 Å². The molecule has 0 spiro atoms. The molecular formula is C7H10N2O3S. The lowest BCUT2D eigenvalue weighted by Gasteiger charge is -2.02. The fraction of sp³-hybridized carbons (Fsp3) is 0.571. The first kappa shape index (κ1) is 10.0. The molecule has 0 saturated heterocycles. The Morgan fingerprint density at radius 2 is 2.38 bits per heavy atom. The number of aromatic nitrogens is 2. The maximum absolute atomic E-state index is 10.5. The van der Waals surface area contributed by atoms with Crippen molar-refractivity contribution in [2.45, 2.75) is 24.9 Å². The van der Waals surface area contributed by atoms with E-state index in [-0.39, 0.29) is 0 Å². The van der Waals surface area contributed by atoms with Gasteiger partial charge in [-0.25, -0.2) is 4.63 Å². The van der Waals surface area contributed by atoms with E-state index in [0.717, 1.165) is 0 Å². The number of carboxylic acids is 1. The molecule has 1 rings (SSSR count). The van der Waals surface area contributed by atoms with Gasteiger partial charge in [-0.15, -0.1) is 11.8 Å². The molecule has 1 aromatic heterocycles. The van der Waals surface area contributed by atoms with E-state index in [4.69, 9.17) is 5.11 Å². The van der Waals surface area contributed by atoms with Crippen LogP contribution in [0.15, 0.2) is 4.63 Å². The van der Waals surface area contributed by atoms with E-state index >= 15 is 0 Å². The molecule has 0 aliphatic rings. The van der Waals surface area contributed by atoms with Crippen LogP contribution < -0.4 is 0 Å². The maximum atomic E-state index is 10.5. The van der Waals surface area contributed by atoms with Gasteiger partial charge in [0.15, 0.2) is 0 Å². The smallest absolute Gasteiger partial charge is 0.316 e. The van der Waals surface area contributed by atoms with Gasteiger partial charge in [0.2, 0.25) is 0 Å². The minimum absolute atomic E-state index is 0.434. The van der Waals surface area contributed by atoms with E-state index in [2.05, 4.69) is 14.9 Å². The van der Waals surface area contributed by atoms with E-state index in [9.17, 15) is 4.79 Å². The standard InChI is InChI=1S/C7H10N2O3S/c1-4-6(9-12-8-4)3-13-5(2)7(10)11/h5H,3H2,1-2H3,(H,10,11). The third-order valence-corrected chi connectivity index (χ3v) is 2.71. The number of nitrogens with zero attached hydrogens (tertiary/aromatic N) is 2. The van der Waals surface area contributed by atoms with Gasteiger partial charge in [-0.2, -0.15) is 0 Å². The molecule has 6 heteroatoms. The van der Waals surface area contributed by atoms with Crippen molar-refractivity contribution in [3.63, 3.8) is 0 Å². The van der Waals surface area contributed by atoms with Crippen LogP contribution in [0.5, 0.6) is 0 Å². The molecule has 1 atom stereocenters. The molecule has 0 aliphatic heterocycles. The zero-order valence-electron chi connectivity index (χ0n) is 7.35. The lowest BCUT2D eigenvalue weighted by Crippen LogP contribution is -2.11. The predicted molar refractivity (Wildman–Crippen MR) is 47.4 cm³/mol. The third kappa shape index (κ3) is 2.73. The number of carbonyl (C=O) groups is 1. The van der Waals surface area contributed by atoms with Gasteiger partial charge in [-0.1, -0.05) is 10.3 Å². The first-order valence-electron chi connectivity index (χ1n) is 3.73. The van der Waals surface area contributed by atoms with Crippen molar-refractivity contribution < 1.29 is 14.5 Å². The van der Waals surface area contributed by atoms with Crippen molar-refractivity contribution in [1.82, 2.24) is 10.3 Å². The number of aryl methyl sites for hydroxylation is 1. The molecule has 0 radical (unpaired) electrons. The second-order valence-corrected chi connectivity index (χ2v) is 3.92. The summed E-state index contributed by atoms with van der Waals surface area (Å²) in [6.07, 6.45) is 0. The number of hydrogen-bond donors (Lipinski definition) is 1. The SMILES string of the molecule is Cc1nonc1CSC(C)C(=O)O. The molecule has 5 nitrogen and oxygen atoms in total. The average molecular weight is 202 g/mol. The highest BCUT2D eigenvalue weighted by atomic mass is 32.2. The summed E-state index contributed by atoms with van der Waals surface area (Å²) in [4.78, 5) is 10.5. The Kier molecular flexibility index (Phi) is 3.30. The molecule has 72 valence electrons. The Morgan fingerprint density at radius 3 is 2.85 bits per heavy atom. The second kappa shape index (κ2) is 4.27. The molecule has 0 amide bonds. The van der Waals surface area contributed by atoms with E-state index in [1.807, 2.05) is 0 Å². The maximum Gasteiger partial charge on any atom is 0.316 e. The highest BCUT2D eigenvalue weighted by molar-refractivity contribution is 7.99. The summed E-state index contributed by atoms with van der Waals surface area (Å²) >= 11 is 1.29. The lowest BCUT2D eigenvalue weighted by molar-refractivity contribution is -0.136. The highest BCUT2D eigenvalue weighted by Gasteiger charge is 2.13. The summed E-state index contributed by atoms with van der Waals surface area (Å²) in [5.74, 6) is -0.304. The molecular weight excluding hydrogens is 192 g/mol. The van der Waals surface area contributed by atoms with E-state index in [1.165, 1.54) is 11.8 Å². The van der Waals surface area contributed by atoms with Crippen molar-refractivity contribution in [2.24, 2.45) is 0 Å². The normalized spacial score (nSPS) is 12.8. The summed E-state index contributed by atoms with van der Waals surface area (Å²) in [6.45, 7) is 3.41. The molecule has 0 fully saturated rings. The fourth-order valence-electron chi connectivity index (χ4n) is 0.656. The zero-order valence-corrected chi connectivity index (χ0v) is 8.17. The Balaban J connectivity index is 2.44. The van der Waals surface area contributed by atoms with Gasteiger partial charge in [0.1, 0.15) is 11.4 Å². The van der Waals surface area contributed by atoms with Crippen LogP contribution in [0.3, 0.4) is 0 Å². The van der Waals surface area contributed by atoms with Crippen molar-refractivity contribution in [1.29, 1.82) is 0 Å². The number of aliphatic carboxylic acids is 1. The first-order valence-corrected chi connectivity index (χ1v) is 4.78. The van der Waals surface area contributed by atoms with Crippen LogP contribution >= 0.6 is 11.8 Å². The van der Waals surface area contributed by atoms with Gasteiger partial charge in [0.25, 0.3) is 0 Å². The Bertz CT molecular complexity index is 300. The number of hydrogen-bond acceptors (Lipinski definition) is 5. The Labute approximate surface area is 79.5 Å².